The number of carbonyl (C=O) groups excluding carboxylic acids is 2. The van der Waals surface area contributed by atoms with Crippen LogP contribution in [0.15, 0.2) is 118 Å². The van der Waals surface area contributed by atoms with Crippen molar-refractivity contribution < 1.29 is 19.1 Å². The van der Waals surface area contributed by atoms with Crippen LogP contribution in [0.25, 0.3) is 12.2 Å². The molecule has 0 unspecified atom stereocenters. The average molecular weight is 652 g/mol. The summed E-state index contributed by atoms with van der Waals surface area (Å²) in [6.45, 7) is 0.254. The number of methoxy groups -OCH3 is 2. The Kier molecular flexibility index (Phi) is 9.01. The molecule has 2 aliphatic heterocycles. The summed E-state index contributed by atoms with van der Waals surface area (Å²) in [5.74, 6) is 1.34. The fourth-order valence-corrected chi connectivity index (χ4v) is 5.47. The molecule has 4 aromatic carbocycles. The molecule has 0 saturated carbocycles. The highest BCUT2D eigenvalue weighted by Crippen LogP contribution is 2.30. The molecule has 2 amide bonds. The monoisotopic (exact) mass is 650 g/mol. The van der Waals surface area contributed by atoms with Crippen molar-refractivity contribution in [2.75, 3.05) is 27.3 Å². The molecule has 2 aliphatic rings. The van der Waals surface area contributed by atoms with E-state index in [1.54, 1.807) is 60.4 Å². The molecule has 0 atom stereocenters. The molecule has 4 aromatic rings. The van der Waals surface area contributed by atoms with Crippen molar-refractivity contribution in [1.29, 1.82) is 0 Å². The number of amides is 2. The Morgan fingerprint density at radius 2 is 0.957 bits per heavy atom. The number of rotatable bonds is 9. The Balaban J connectivity index is 1.36. The minimum Gasteiger partial charge on any atom is -0.496 e. The van der Waals surface area contributed by atoms with Gasteiger partial charge in [-0.25, -0.2) is 9.98 Å². The topological polar surface area (TPSA) is 83.8 Å². The van der Waals surface area contributed by atoms with Gasteiger partial charge < -0.3 is 9.47 Å². The number of hydrogen-bond donors (Lipinski definition) is 0. The van der Waals surface area contributed by atoms with E-state index in [0.29, 0.717) is 44.3 Å². The molecular formula is C36H28Cl2N4O4. The van der Waals surface area contributed by atoms with Crippen molar-refractivity contribution >= 4 is 58.8 Å². The first-order valence-corrected chi connectivity index (χ1v) is 15.1. The SMILES string of the molecule is COc1ccccc1C1=NC(=Cc2ccc(Cl)cc2)C(=O)N1CCN1C(=O)C(=Cc2ccc(Cl)cc2)N=C1c1ccccc1OC. The first kappa shape index (κ1) is 30.8. The Hall–Kier alpha value is -5.18. The highest BCUT2D eigenvalue weighted by molar-refractivity contribution is 6.31. The smallest absolute Gasteiger partial charge is 0.278 e. The standard InChI is InChI=1S/C36H28Cl2N4O4/c1-45-31-9-5-3-7-27(31)33-39-29(21-23-11-15-25(37)16-12-23)35(43)41(33)19-20-42-34(28-8-4-6-10-32(28)46-2)40-30(36(42)44)22-24-13-17-26(38)18-14-24/h3-18,21-22H,19-20H2,1-2H3. The maximum atomic E-state index is 13.9. The molecule has 0 aliphatic carbocycles. The molecule has 0 radical (unpaired) electrons. The number of amidine groups is 2. The van der Waals surface area contributed by atoms with Crippen LogP contribution in [0.4, 0.5) is 0 Å². The Morgan fingerprint density at radius 3 is 1.33 bits per heavy atom. The van der Waals surface area contributed by atoms with Crippen LogP contribution >= 0.6 is 23.2 Å². The van der Waals surface area contributed by atoms with Crippen LogP contribution in [-0.2, 0) is 9.59 Å². The number of benzene rings is 4. The Morgan fingerprint density at radius 1 is 0.587 bits per heavy atom. The summed E-state index contributed by atoms with van der Waals surface area (Å²) in [5.41, 5.74) is 3.33. The van der Waals surface area contributed by atoms with E-state index in [2.05, 4.69) is 0 Å². The van der Waals surface area contributed by atoms with E-state index in [1.165, 1.54) is 0 Å². The zero-order valence-corrected chi connectivity index (χ0v) is 26.5. The van der Waals surface area contributed by atoms with Crippen molar-refractivity contribution in [2.24, 2.45) is 9.98 Å². The summed E-state index contributed by atoms with van der Waals surface area (Å²) in [4.78, 5) is 40.5. The summed E-state index contributed by atoms with van der Waals surface area (Å²) in [6.07, 6.45) is 3.42. The molecule has 0 aromatic heterocycles. The molecule has 0 bridgehead atoms. The zero-order valence-electron chi connectivity index (χ0n) is 25.0. The van der Waals surface area contributed by atoms with Crippen molar-refractivity contribution in [3.63, 3.8) is 0 Å². The van der Waals surface area contributed by atoms with Gasteiger partial charge in [0.05, 0.1) is 25.3 Å². The summed E-state index contributed by atoms with van der Waals surface area (Å²) < 4.78 is 11.2. The highest BCUT2D eigenvalue weighted by atomic mass is 35.5. The van der Waals surface area contributed by atoms with Gasteiger partial charge in [0.2, 0.25) is 0 Å². The summed E-state index contributed by atoms with van der Waals surface area (Å²) in [7, 11) is 3.14. The van der Waals surface area contributed by atoms with Gasteiger partial charge >= 0.3 is 0 Å². The highest BCUT2D eigenvalue weighted by Gasteiger charge is 2.36. The van der Waals surface area contributed by atoms with E-state index in [0.717, 1.165) is 11.1 Å². The van der Waals surface area contributed by atoms with Crippen molar-refractivity contribution in [1.82, 2.24) is 9.80 Å². The maximum Gasteiger partial charge on any atom is 0.278 e. The number of nitrogens with zero attached hydrogens (tertiary/aromatic N) is 4. The largest absolute Gasteiger partial charge is 0.496 e. The minimum atomic E-state index is -0.310. The van der Waals surface area contributed by atoms with Gasteiger partial charge in [-0.05, 0) is 71.8 Å². The van der Waals surface area contributed by atoms with Gasteiger partial charge in [-0.3, -0.25) is 19.4 Å². The van der Waals surface area contributed by atoms with Crippen LogP contribution in [0.2, 0.25) is 10.0 Å². The predicted molar refractivity (Wildman–Crippen MR) is 181 cm³/mol. The van der Waals surface area contributed by atoms with E-state index in [1.807, 2.05) is 72.8 Å². The molecule has 46 heavy (non-hydrogen) atoms. The first-order valence-electron chi connectivity index (χ1n) is 14.4. The average Bonchev–Trinajstić information content (AvgIpc) is 3.56. The van der Waals surface area contributed by atoms with E-state index in [-0.39, 0.29) is 36.3 Å². The molecule has 230 valence electrons. The zero-order chi connectivity index (χ0) is 32.2. The van der Waals surface area contributed by atoms with Gasteiger partial charge in [0.1, 0.15) is 34.6 Å². The summed E-state index contributed by atoms with van der Waals surface area (Å²) in [5, 5.41) is 1.18. The quantitative estimate of drug-likeness (QED) is 0.183. The molecule has 2 heterocycles. The third-order valence-electron chi connectivity index (χ3n) is 7.48. The van der Waals surface area contributed by atoms with Gasteiger partial charge in [-0.1, -0.05) is 71.7 Å². The molecule has 6 rings (SSSR count). The number of aliphatic imine (C=N–C) groups is 2. The second-order valence-corrected chi connectivity index (χ2v) is 11.2. The van der Waals surface area contributed by atoms with Crippen LogP contribution in [0.5, 0.6) is 11.5 Å². The van der Waals surface area contributed by atoms with Gasteiger partial charge in [0.25, 0.3) is 11.8 Å². The normalized spacial score (nSPS) is 16.3. The van der Waals surface area contributed by atoms with Crippen LogP contribution in [0.1, 0.15) is 22.3 Å². The van der Waals surface area contributed by atoms with Crippen molar-refractivity contribution in [3.8, 4) is 11.5 Å². The Bertz CT molecular complexity index is 1790. The predicted octanol–water partition coefficient (Wildman–Crippen LogP) is 6.97. The third-order valence-corrected chi connectivity index (χ3v) is 7.99. The fraction of sp³-hybridized carbons (Fsp3) is 0.111. The third kappa shape index (κ3) is 6.31. The number of ether oxygens (including phenoxy) is 2. The maximum absolute atomic E-state index is 13.9. The number of hydrogen-bond acceptors (Lipinski definition) is 6. The molecular weight excluding hydrogens is 623 g/mol. The lowest BCUT2D eigenvalue weighted by Crippen LogP contribution is -2.43. The fourth-order valence-electron chi connectivity index (χ4n) is 5.22. The van der Waals surface area contributed by atoms with Crippen molar-refractivity contribution in [2.45, 2.75) is 0 Å². The lowest BCUT2D eigenvalue weighted by atomic mass is 10.1. The molecule has 0 saturated heterocycles. The van der Waals surface area contributed by atoms with Gasteiger partial charge in [0, 0.05) is 23.1 Å². The van der Waals surface area contributed by atoms with Crippen LogP contribution in [0, 0.1) is 0 Å². The number of para-hydroxylation sites is 2. The summed E-state index contributed by atoms with van der Waals surface area (Å²) in [6, 6.07) is 29.0. The number of halogens is 2. The van der Waals surface area contributed by atoms with Gasteiger partial charge in [-0.15, -0.1) is 0 Å². The van der Waals surface area contributed by atoms with Crippen LogP contribution in [-0.4, -0.2) is 60.6 Å². The lowest BCUT2D eigenvalue weighted by Gasteiger charge is -2.24. The van der Waals surface area contributed by atoms with Gasteiger partial charge in [0.15, 0.2) is 0 Å². The molecule has 8 nitrogen and oxygen atoms in total. The number of carbonyl (C=O) groups is 2. The first-order chi connectivity index (χ1) is 22.4. The molecule has 10 heteroatoms. The molecule has 0 fully saturated rings. The van der Waals surface area contributed by atoms with E-state index in [9.17, 15) is 9.59 Å². The molecule has 0 N–H and O–H groups in total. The van der Waals surface area contributed by atoms with E-state index >= 15 is 0 Å². The van der Waals surface area contributed by atoms with Crippen LogP contribution < -0.4 is 9.47 Å². The van der Waals surface area contributed by atoms with E-state index in [4.69, 9.17) is 42.7 Å². The molecule has 0 spiro atoms. The van der Waals surface area contributed by atoms with Gasteiger partial charge in [-0.2, -0.15) is 0 Å². The minimum absolute atomic E-state index is 0.127. The summed E-state index contributed by atoms with van der Waals surface area (Å²) >= 11 is 12.1. The van der Waals surface area contributed by atoms with Crippen molar-refractivity contribution in [3.05, 3.63) is 141 Å². The van der Waals surface area contributed by atoms with Crippen LogP contribution in [0.3, 0.4) is 0 Å². The Labute approximate surface area is 276 Å². The second kappa shape index (κ2) is 13.4. The lowest BCUT2D eigenvalue weighted by molar-refractivity contribution is -0.125. The van der Waals surface area contributed by atoms with E-state index < -0.39 is 0 Å². The second-order valence-electron chi connectivity index (χ2n) is 10.3.